The summed E-state index contributed by atoms with van der Waals surface area (Å²) in [6, 6.07) is 2.81. The molecule has 0 aliphatic rings. The Morgan fingerprint density at radius 1 is 1.50 bits per heavy atom. The number of benzene rings is 1. The van der Waals surface area contributed by atoms with Gasteiger partial charge in [-0.3, -0.25) is 9.59 Å². The van der Waals surface area contributed by atoms with Gasteiger partial charge in [0.15, 0.2) is 0 Å². The maximum Gasteiger partial charge on any atom is 0.252 e. The number of fused-ring (bicyclic) bond motifs is 1. The number of aryl methyl sites for hydroxylation is 1. The molecule has 1 aromatic heterocycles. The highest BCUT2D eigenvalue weighted by atomic mass is 127. The van der Waals surface area contributed by atoms with E-state index in [2.05, 4.69) is 4.98 Å². The highest BCUT2D eigenvalue weighted by Gasteiger charge is 2.15. The Hall–Kier alpha value is -1.44. The van der Waals surface area contributed by atoms with E-state index in [1.165, 1.54) is 12.1 Å². The zero-order valence-electron chi connectivity index (χ0n) is 9.51. The minimum Gasteiger partial charge on any atom is -0.369 e. The van der Waals surface area contributed by atoms with E-state index >= 15 is 0 Å². The third kappa shape index (κ3) is 2.12. The summed E-state index contributed by atoms with van der Waals surface area (Å²) in [5.41, 5.74) is 6.18. The Balaban J connectivity index is 2.87. The van der Waals surface area contributed by atoms with Crippen molar-refractivity contribution in [1.29, 1.82) is 0 Å². The van der Waals surface area contributed by atoms with Gasteiger partial charge < -0.3 is 10.7 Å². The van der Waals surface area contributed by atoms with E-state index in [9.17, 15) is 14.0 Å². The molecule has 18 heavy (non-hydrogen) atoms. The van der Waals surface area contributed by atoms with Gasteiger partial charge in [0.05, 0.1) is 9.99 Å². The van der Waals surface area contributed by atoms with Gasteiger partial charge in [0.25, 0.3) is 5.56 Å². The molecule has 6 heteroatoms. The van der Waals surface area contributed by atoms with Gasteiger partial charge in [-0.2, -0.15) is 0 Å². The normalized spacial score (nSPS) is 10.8. The SMILES string of the molecule is Cc1c(CC(N)=O)c(=O)[nH]c2ccc(F)c(I)c12. The highest BCUT2D eigenvalue weighted by Crippen LogP contribution is 2.25. The number of carbonyl (C=O) groups excluding carboxylic acids is 1. The minimum absolute atomic E-state index is 0.149. The van der Waals surface area contributed by atoms with Crippen LogP contribution in [0, 0.1) is 16.3 Å². The van der Waals surface area contributed by atoms with Crippen LogP contribution in [0.2, 0.25) is 0 Å². The number of carbonyl (C=O) groups is 1. The molecule has 0 bridgehead atoms. The number of hydrogen-bond donors (Lipinski definition) is 2. The number of amides is 1. The summed E-state index contributed by atoms with van der Waals surface area (Å²) in [7, 11) is 0. The fourth-order valence-electron chi connectivity index (χ4n) is 1.93. The number of aromatic nitrogens is 1. The van der Waals surface area contributed by atoms with Crippen LogP contribution in [0.3, 0.4) is 0 Å². The van der Waals surface area contributed by atoms with E-state index in [1.807, 2.05) is 22.6 Å². The molecule has 1 aromatic carbocycles. The summed E-state index contributed by atoms with van der Waals surface area (Å²) >= 11 is 1.88. The number of nitrogens with one attached hydrogen (secondary N) is 1. The van der Waals surface area contributed by atoms with Crippen LogP contribution in [0.15, 0.2) is 16.9 Å². The molecule has 0 radical (unpaired) electrons. The van der Waals surface area contributed by atoms with Crippen molar-refractivity contribution < 1.29 is 9.18 Å². The molecule has 0 aliphatic heterocycles. The highest BCUT2D eigenvalue weighted by molar-refractivity contribution is 14.1. The second-order valence-corrected chi connectivity index (χ2v) is 5.06. The molecule has 0 atom stereocenters. The lowest BCUT2D eigenvalue weighted by molar-refractivity contribution is -0.117. The van der Waals surface area contributed by atoms with Gasteiger partial charge in [-0.15, -0.1) is 0 Å². The van der Waals surface area contributed by atoms with E-state index in [-0.39, 0.29) is 17.8 Å². The topological polar surface area (TPSA) is 76.0 Å². The summed E-state index contributed by atoms with van der Waals surface area (Å²) in [5.74, 6) is -0.947. The maximum atomic E-state index is 13.5. The van der Waals surface area contributed by atoms with Crippen molar-refractivity contribution in [2.24, 2.45) is 5.73 Å². The molecule has 2 rings (SSSR count). The largest absolute Gasteiger partial charge is 0.369 e. The zero-order valence-corrected chi connectivity index (χ0v) is 11.7. The third-order valence-electron chi connectivity index (χ3n) is 2.80. The van der Waals surface area contributed by atoms with Crippen molar-refractivity contribution in [2.75, 3.05) is 0 Å². The first-order chi connectivity index (χ1) is 8.41. The van der Waals surface area contributed by atoms with E-state index in [0.717, 1.165) is 0 Å². The maximum absolute atomic E-state index is 13.5. The standard InChI is InChI=1S/C12H10FIN2O2/c1-5-6(4-9(15)17)12(18)16-8-3-2-7(13)11(14)10(5)8/h2-3H,4H2,1H3,(H2,15,17)(H,16,18). The van der Waals surface area contributed by atoms with Gasteiger partial charge in [0, 0.05) is 16.5 Å². The number of primary amides is 1. The predicted molar refractivity (Wildman–Crippen MR) is 74.9 cm³/mol. The van der Waals surface area contributed by atoms with Gasteiger partial charge in [-0.05, 0) is 47.2 Å². The first-order valence-corrected chi connectivity index (χ1v) is 6.27. The zero-order chi connectivity index (χ0) is 13.4. The third-order valence-corrected chi connectivity index (χ3v) is 3.85. The van der Waals surface area contributed by atoms with Crippen molar-refractivity contribution in [1.82, 2.24) is 4.98 Å². The average molecular weight is 360 g/mol. The summed E-state index contributed by atoms with van der Waals surface area (Å²) in [5, 5.41) is 0.617. The molecule has 0 spiro atoms. The van der Waals surface area contributed by atoms with Crippen LogP contribution in [0.25, 0.3) is 10.9 Å². The Labute approximate surface area is 116 Å². The fourth-order valence-corrected chi connectivity index (χ4v) is 2.80. The van der Waals surface area contributed by atoms with E-state index in [4.69, 9.17) is 5.73 Å². The first kappa shape index (κ1) is 13.0. The van der Waals surface area contributed by atoms with Gasteiger partial charge in [-0.25, -0.2) is 4.39 Å². The van der Waals surface area contributed by atoms with Gasteiger partial charge >= 0.3 is 0 Å². The lowest BCUT2D eigenvalue weighted by atomic mass is 10.0. The van der Waals surface area contributed by atoms with Gasteiger partial charge in [0.1, 0.15) is 5.82 Å². The summed E-state index contributed by atoms with van der Waals surface area (Å²) in [6.07, 6.45) is -0.149. The van der Waals surface area contributed by atoms with E-state index in [1.54, 1.807) is 6.92 Å². The van der Waals surface area contributed by atoms with Gasteiger partial charge in [-0.1, -0.05) is 0 Å². The van der Waals surface area contributed by atoms with Crippen LogP contribution in [-0.2, 0) is 11.2 Å². The molecule has 0 saturated heterocycles. The second-order valence-electron chi connectivity index (χ2n) is 3.98. The van der Waals surface area contributed by atoms with Crippen LogP contribution in [0.4, 0.5) is 4.39 Å². The minimum atomic E-state index is -0.589. The number of H-pyrrole nitrogens is 1. The molecular formula is C12H10FIN2O2. The number of rotatable bonds is 2. The molecule has 0 aliphatic carbocycles. The Kier molecular flexibility index (Phi) is 3.38. The first-order valence-electron chi connectivity index (χ1n) is 5.19. The molecule has 0 fully saturated rings. The van der Waals surface area contributed by atoms with Crippen molar-refractivity contribution in [2.45, 2.75) is 13.3 Å². The Bertz CT molecular complexity index is 709. The van der Waals surface area contributed by atoms with Crippen LogP contribution in [-0.4, -0.2) is 10.9 Å². The Morgan fingerprint density at radius 2 is 2.17 bits per heavy atom. The van der Waals surface area contributed by atoms with E-state index < -0.39 is 5.91 Å². The summed E-state index contributed by atoms with van der Waals surface area (Å²) in [6.45, 7) is 1.69. The molecule has 1 heterocycles. The average Bonchev–Trinajstić information content (AvgIpc) is 2.29. The second kappa shape index (κ2) is 4.68. The molecule has 0 saturated carbocycles. The van der Waals surface area contributed by atoms with Crippen molar-refractivity contribution in [3.8, 4) is 0 Å². The molecular weight excluding hydrogens is 350 g/mol. The van der Waals surface area contributed by atoms with Crippen molar-refractivity contribution in [3.63, 3.8) is 0 Å². The number of nitrogens with two attached hydrogens (primary N) is 1. The summed E-state index contributed by atoms with van der Waals surface area (Å²) < 4.78 is 14.0. The predicted octanol–water partition coefficient (Wildman–Crippen LogP) is 1.61. The monoisotopic (exact) mass is 360 g/mol. The van der Waals surface area contributed by atoms with Crippen molar-refractivity contribution >= 4 is 39.4 Å². The van der Waals surface area contributed by atoms with Crippen molar-refractivity contribution in [3.05, 3.63) is 43.0 Å². The molecule has 3 N–H and O–H groups in total. The molecule has 4 nitrogen and oxygen atoms in total. The van der Waals surface area contributed by atoms with Crippen LogP contribution in [0.1, 0.15) is 11.1 Å². The van der Waals surface area contributed by atoms with Crippen LogP contribution in [0.5, 0.6) is 0 Å². The number of hydrogen-bond acceptors (Lipinski definition) is 2. The Morgan fingerprint density at radius 3 is 2.78 bits per heavy atom. The summed E-state index contributed by atoms with van der Waals surface area (Å²) in [4.78, 5) is 25.4. The number of aromatic amines is 1. The van der Waals surface area contributed by atoms with Gasteiger partial charge in [0.2, 0.25) is 5.91 Å². The quantitative estimate of drug-likeness (QED) is 0.799. The lowest BCUT2D eigenvalue weighted by Gasteiger charge is -2.09. The molecule has 2 aromatic rings. The smallest absolute Gasteiger partial charge is 0.252 e. The van der Waals surface area contributed by atoms with Crippen LogP contribution >= 0.6 is 22.6 Å². The molecule has 94 valence electrons. The lowest BCUT2D eigenvalue weighted by Crippen LogP contribution is -2.23. The van der Waals surface area contributed by atoms with E-state index in [0.29, 0.717) is 25.6 Å². The number of halogens is 2. The number of pyridine rings is 1. The molecule has 0 unspecified atom stereocenters. The fraction of sp³-hybridized carbons (Fsp3) is 0.167. The van der Waals surface area contributed by atoms with Crippen LogP contribution < -0.4 is 11.3 Å². The molecule has 1 amide bonds.